The fraction of sp³-hybridized carbons (Fsp3) is 0.444. The molecule has 148 valence electrons. The molecule has 28 heavy (non-hydrogen) atoms. The maximum atomic E-state index is 14.7. The van der Waals surface area contributed by atoms with Crippen molar-refractivity contribution in [3.8, 4) is 11.4 Å². The lowest BCUT2D eigenvalue weighted by Crippen LogP contribution is -2.50. The van der Waals surface area contributed by atoms with Crippen LogP contribution in [0.3, 0.4) is 0 Å². The summed E-state index contributed by atoms with van der Waals surface area (Å²) in [5, 5.41) is 4.75. The minimum Gasteiger partial charge on any atom is -0.378 e. The Kier molecular flexibility index (Phi) is 3.71. The number of hydrogen-bond donors (Lipinski definition) is 1. The lowest BCUT2D eigenvalue weighted by molar-refractivity contribution is 0.0213. The summed E-state index contributed by atoms with van der Waals surface area (Å²) < 4.78 is 49.9. The van der Waals surface area contributed by atoms with Crippen molar-refractivity contribution in [2.24, 2.45) is 7.05 Å². The Morgan fingerprint density at radius 2 is 2.11 bits per heavy atom. The molecule has 2 aromatic heterocycles. The number of nitrogens with zero attached hydrogens (tertiary/aromatic N) is 4. The van der Waals surface area contributed by atoms with Crippen LogP contribution in [0.2, 0.25) is 0 Å². The number of nitrogens with one attached hydrogen (secondary N) is 1. The first-order valence-electron chi connectivity index (χ1n) is 9.10. The number of aromatic nitrogens is 4. The largest absolute Gasteiger partial charge is 0.378 e. The molecule has 1 N–H and O–H groups in total. The Morgan fingerprint density at radius 3 is 2.79 bits per heavy atom. The molecule has 0 bridgehead atoms. The van der Waals surface area contributed by atoms with Crippen LogP contribution in [0.15, 0.2) is 23.5 Å². The zero-order chi connectivity index (χ0) is 19.7. The smallest absolute Gasteiger partial charge is 0.259 e. The van der Waals surface area contributed by atoms with Gasteiger partial charge in [-0.15, -0.1) is 0 Å². The summed E-state index contributed by atoms with van der Waals surface area (Å²) in [4.78, 5) is 7.06. The van der Waals surface area contributed by atoms with Gasteiger partial charge in [0.25, 0.3) is 10.0 Å². The van der Waals surface area contributed by atoms with Crippen LogP contribution in [-0.4, -0.2) is 57.8 Å². The van der Waals surface area contributed by atoms with Gasteiger partial charge in [0.1, 0.15) is 17.2 Å². The van der Waals surface area contributed by atoms with Gasteiger partial charge in [-0.3, -0.25) is 4.68 Å². The van der Waals surface area contributed by atoms with Gasteiger partial charge in [0.2, 0.25) is 0 Å². The van der Waals surface area contributed by atoms with Gasteiger partial charge in [-0.1, -0.05) is 0 Å². The highest BCUT2D eigenvalue weighted by molar-refractivity contribution is 7.89. The summed E-state index contributed by atoms with van der Waals surface area (Å²) in [5.74, 6) is -0.0743. The van der Waals surface area contributed by atoms with Crippen molar-refractivity contribution in [2.45, 2.75) is 30.3 Å². The van der Waals surface area contributed by atoms with Gasteiger partial charge in [-0.2, -0.15) is 9.40 Å². The van der Waals surface area contributed by atoms with Crippen molar-refractivity contribution in [3.63, 3.8) is 0 Å². The second-order valence-corrected chi connectivity index (χ2v) is 9.40. The number of ether oxygens (including phenoxy) is 1. The highest BCUT2D eigenvalue weighted by Crippen LogP contribution is 2.46. The molecule has 3 aromatic rings. The Bertz CT molecular complexity index is 1200. The van der Waals surface area contributed by atoms with Crippen molar-refractivity contribution in [3.05, 3.63) is 29.8 Å². The third kappa shape index (κ3) is 2.51. The number of aryl methyl sites for hydroxylation is 2. The molecule has 0 radical (unpaired) electrons. The molecular formula is C18H20FN5O3S. The Labute approximate surface area is 161 Å². The average Bonchev–Trinajstić information content (AvgIpc) is 3.06. The number of aromatic amines is 1. The summed E-state index contributed by atoms with van der Waals surface area (Å²) in [6, 6.07) is 2.87. The zero-order valence-corrected chi connectivity index (χ0v) is 16.4. The molecule has 3 heterocycles. The van der Waals surface area contributed by atoms with Gasteiger partial charge in [-0.25, -0.2) is 17.8 Å². The predicted molar refractivity (Wildman–Crippen MR) is 99.7 cm³/mol. The van der Waals surface area contributed by atoms with Gasteiger partial charge >= 0.3 is 0 Å². The highest BCUT2D eigenvalue weighted by Gasteiger charge is 2.55. The van der Waals surface area contributed by atoms with Crippen molar-refractivity contribution >= 4 is 20.9 Å². The van der Waals surface area contributed by atoms with E-state index in [4.69, 9.17) is 4.74 Å². The van der Waals surface area contributed by atoms with E-state index in [1.54, 1.807) is 25.0 Å². The minimum atomic E-state index is -3.81. The molecule has 2 fully saturated rings. The average molecular weight is 405 g/mol. The van der Waals surface area contributed by atoms with Gasteiger partial charge in [0.05, 0.1) is 24.3 Å². The number of sulfonamides is 1. The van der Waals surface area contributed by atoms with E-state index >= 15 is 0 Å². The highest BCUT2D eigenvalue weighted by atomic mass is 32.2. The Balaban J connectivity index is 1.69. The fourth-order valence-corrected chi connectivity index (χ4v) is 5.80. The predicted octanol–water partition coefficient (Wildman–Crippen LogP) is 1.96. The van der Waals surface area contributed by atoms with Crippen LogP contribution < -0.4 is 0 Å². The first-order valence-corrected chi connectivity index (χ1v) is 10.5. The van der Waals surface area contributed by atoms with E-state index in [-0.39, 0.29) is 10.5 Å². The summed E-state index contributed by atoms with van der Waals surface area (Å²) >= 11 is 0. The third-order valence-electron chi connectivity index (χ3n) is 5.60. The molecule has 1 aromatic carbocycles. The number of hydrogen-bond acceptors (Lipinski definition) is 5. The number of fused-ring (bicyclic) bond motifs is 1. The summed E-state index contributed by atoms with van der Waals surface area (Å²) in [7, 11) is -2.06. The molecule has 0 atom stereocenters. The van der Waals surface area contributed by atoms with E-state index in [0.29, 0.717) is 42.1 Å². The lowest BCUT2D eigenvalue weighted by Gasteiger charge is -2.34. The quantitative estimate of drug-likeness (QED) is 0.719. The Morgan fingerprint density at radius 1 is 1.32 bits per heavy atom. The molecule has 1 aliphatic heterocycles. The SMILES string of the molecule is Cc1cc(F)c2[nH]c(S(=O)(=O)N3CCOCC34CC4)cc2c1-c1ncn(C)n1. The van der Waals surface area contributed by atoms with E-state index < -0.39 is 21.4 Å². The van der Waals surface area contributed by atoms with E-state index in [1.165, 1.54) is 16.4 Å². The number of rotatable bonds is 3. The molecular weight excluding hydrogens is 385 g/mol. The lowest BCUT2D eigenvalue weighted by atomic mass is 10.0. The molecule has 1 saturated heterocycles. The van der Waals surface area contributed by atoms with Gasteiger partial charge in [-0.05, 0) is 37.5 Å². The monoisotopic (exact) mass is 405 g/mol. The molecule has 0 amide bonds. The van der Waals surface area contributed by atoms with E-state index in [2.05, 4.69) is 15.1 Å². The van der Waals surface area contributed by atoms with Crippen LogP contribution in [0.25, 0.3) is 22.3 Å². The summed E-state index contributed by atoms with van der Waals surface area (Å²) in [5.41, 5.74) is 0.959. The molecule has 8 nitrogen and oxygen atoms in total. The number of morpholine rings is 1. The topological polar surface area (TPSA) is 93.1 Å². The molecule has 5 rings (SSSR count). The number of benzene rings is 1. The Hall–Kier alpha value is -2.30. The summed E-state index contributed by atoms with van der Waals surface area (Å²) in [6.45, 7) is 2.82. The van der Waals surface area contributed by atoms with Crippen LogP contribution >= 0.6 is 0 Å². The maximum absolute atomic E-state index is 14.7. The first kappa shape index (κ1) is 17.8. The number of halogens is 1. The number of H-pyrrole nitrogens is 1. The second-order valence-electron chi connectivity index (χ2n) is 7.57. The third-order valence-corrected chi connectivity index (χ3v) is 7.52. The van der Waals surface area contributed by atoms with Gasteiger partial charge in [0, 0.05) is 24.5 Å². The van der Waals surface area contributed by atoms with Crippen LogP contribution in [0.5, 0.6) is 0 Å². The normalized spacial score (nSPS) is 19.5. The fourth-order valence-electron chi connectivity index (χ4n) is 4.00. The molecule has 1 spiro atoms. The van der Waals surface area contributed by atoms with Crippen LogP contribution in [-0.2, 0) is 21.8 Å². The van der Waals surface area contributed by atoms with Crippen LogP contribution in [0.4, 0.5) is 4.39 Å². The van der Waals surface area contributed by atoms with Crippen LogP contribution in [0.1, 0.15) is 18.4 Å². The van der Waals surface area contributed by atoms with E-state index in [0.717, 1.165) is 12.8 Å². The van der Waals surface area contributed by atoms with E-state index in [9.17, 15) is 12.8 Å². The standard InChI is InChI=1S/C18H20FN5O3S/c1-11-7-13(19)16-12(15(11)17-20-10-23(2)22-17)8-14(21-16)28(25,26)24-5-6-27-9-18(24)3-4-18/h7-8,10,21H,3-6,9H2,1-2H3. The maximum Gasteiger partial charge on any atom is 0.259 e. The first-order chi connectivity index (χ1) is 13.3. The minimum absolute atomic E-state index is 0.0163. The van der Waals surface area contributed by atoms with Crippen molar-refractivity contribution in [1.29, 1.82) is 0 Å². The van der Waals surface area contributed by atoms with Gasteiger partial charge < -0.3 is 9.72 Å². The van der Waals surface area contributed by atoms with Gasteiger partial charge in [0.15, 0.2) is 5.82 Å². The van der Waals surface area contributed by atoms with Crippen LogP contribution in [0, 0.1) is 12.7 Å². The molecule has 2 aliphatic rings. The summed E-state index contributed by atoms with van der Waals surface area (Å²) in [6.07, 6.45) is 3.12. The van der Waals surface area contributed by atoms with Crippen molar-refractivity contribution in [1.82, 2.24) is 24.1 Å². The molecule has 10 heteroatoms. The molecule has 1 aliphatic carbocycles. The molecule has 1 saturated carbocycles. The van der Waals surface area contributed by atoms with E-state index in [1.807, 2.05) is 0 Å². The van der Waals surface area contributed by atoms with Crippen molar-refractivity contribution < 1.29 is 17.5 Å². The zero-order valence-electron chi connectivity index (χ0n) is 15.6. The molecule has 0 unspecified atom stereocenters. The second kappa shape index (κ2) is 5.85. The van der Waals surface area contributed by atoms with Crippen molar-refractivity contribution in [2.75, 3.05) is 19.8 Å².